The maximum atomic E-state index is 13.0. The van der Waals surface area contributed by atoms with Crippen molar-refractivity contribution in [2.24, 2.45) is 5.92 Å². The Morgan fingerprint density at radius 1 is 1.13 bits per heavy atom. The fraction of sp³-hybridized carbons (Fsp3) is 0.250. The number of carbonyl (C=O) groups is 2. The zero-order valence-corrected chi connectivity index (χ0v) is 17.3. The SMILES string of the molecule is C[C@H](CSc1ccc(NC(=O)CCl)cc1)C(=O)Nc1ccc(C#N)c(C(F)(F)F)c1. The molecule has 2 aromatic rings. The highest BCUT2D eigenvalue weighted by atomic mass is 35.5. The Morgan fingerprint density at radius 2 is 1.77 bits per heavy atom. The van der Waals surface area contributed by atoms with Crippen LogP contribution in [0.25, 0.3) is 0 Å². The largest absolute Gasteiger partial charge is 0.417 e. The molecule has 0 fully saturated rings. The lowest BCUT2D eigenvalue weighted by molar-refractivity contribution is -0.137. The van der Waals surface area contributed by atoms with E-state index in [9.17, 15) is 22.8 Å². The minimum atomic E-state index is -4.69. The summed E-state index contributed by atoms with van der Waals surface area (Å²) in [4.78, 5) is 24.4. The minimum absolute atomic E-state index is 0.0254. The van der Waals surface area contributed by atoms with Gasteiger partial charge in [-0.05, 0) is 42.5 Å². The first-order chi connectivity index (χ1) is 14.1. The lowest BCUT2D eigenvalue weighted by atomic mass is 10.1. The Morgan fingerprint density at radius 3 is 2.33 bits per heavy atom. The van der Waals surface area contributed by atoms with E-state index in [4.69, 9.17) is 16.9 Å². The number of halogens is 4. The summed E-state index contributed by atoms with van der Waals surface area (Å²) in [5.41, 5.74) is -1.03. The van der Waals surface area contributed by atoms with Crippen LogP contribution in [0, 0.1) is 17.2 Å². The van der Waals surface area contributed by atoms with Crippen LogP contribution in [0.3, 0.4) is 0 Å². The number of nitrogens with one attached hydrogen (secondary N) is 2. The highest BCUT2D eigenvalue weighted by Gasteiger charge is 2.34. The third-order valence-electron chi connectivity index (χ3n) is 3.92. The van der Waals surface area contributed by atoms with Gasteiger partial charge in [0.1, 0.15) is 5.88 Å². The quantitative estimate of drug-likeness (QED) is 0.448. The van der Waals surface area contributed by atoms with Crippen molar-refractivity contribution in [1.82, 2.24) is 0 Å². The topological polar surface area (TPSA) is 82.0 Å². The molecular weight excluding hydrogens is 439 g/mol. The zero-order chi connectivity index (χ0) is 22.3. The number of alkyl halides is 4. The lowest BCUT2D eigenvalue weighted by Gasteiger charge is -2.14. The van der Waals surface area contributed by atoms with Crippen LogP contribution in [0.5, 0.6) is 0 Å². The van der Waals surface area contributed by atoms with Gasteiger partial charge in [-0.1, -0.05) is 6.92 Å². The lowest BCUT2D eigenvalue weighted by Crippen LogP contribution is -2.22. The molecule has 0 spiro atoms. The molecule has 0 bridgehead atoms. The molecule has 0 aliphatic carbocycles. The number of hydrogen-bond donors (Lipinski definition) is 2. The summed E-state index contributed by atoms with van der Waals surface area (Å²) in [6.07, 6.45) is -4.69. The summed E-state index contributed by atoms with van der Waals surface area (Å²) in [6.45, 7) is 1.66. The molecule has 0 aliphatic heterocycles. The van der Waals surface area contributed by atoms with Gasteiger partial charge >= 0.3 is 6.18 Å². The molecule has 10 heteroatoms. The molecule has 158 valence electrons. The van der Waals surface area contributed by atoms with Crippen LogP contribution < -0.4 is 10.6 Å². The van der Waals surface area contributed by atoms with E-state index in [0.717, 1.165) is 17.0 Å². The summed E-state index contributed by atoms with van der Waals surface area (Å²) in [5.74, 6) is -1.00. The fourth-order valence-corrected chi connectivity index (χ4v) is 3.33. The van der Waals surface area contributed by atoms with Crippen molar-refractivity contribution in [3.05, 3.63) is 53.6 Å². The Balaban J connectivity index is 1.95. The van der Waals surface area contributed by atoms with Crippen molar-refractivity contribution < 1.29 is 22.8 Å². The van der Waals surface area contributed by atoms with Gasteiger partial charge in [0.05, 0.1) is 17.2 Å². The molecule has 0 radical (unpaired) electrons. The van der Waals surface area contributed by atoms with Crippen LogP contribution in [0.4, 0.5) is 24.5 Å². The molecule has 0 aromatic heterocycles. The van der Waals surface area contributed by atoms with E-state index in [-0.39, 0.29) is 17.5 Å². The second kappa shape index (κ2) is 10.4. The standard InChI is InChI=1S/C20H17ClF3N3O2S/c1-12(11-30-16-6-4-14(5-7-16)26-18(28)9-21)19(29)27-15-3-2-13(10-25)17(8-15)20(22,23)24/h2-8,12H,9,11H2,1H3,(H,26,28)(H,27,29)/t12-/m1/s1. The normalized spacial score (nSPS) is 12.0. The third-order valence-corrected chi connectivity index (χ3v) is 5.43. The second-order valence-electron chi connectivity index (χ2n) is 6.28. The van der Waals surface area contributed by atoms with Crippen LogP contribution in [0.15, 0.2) is 47.4 Å². The summed E-state index contributed by atoms with van der Waals surface area (Å²) in [7, 11) is 0. The van der Waals surface area contributed by atoms with Gasteiger partial charge in [-0.15, -0.1) is 23.4 Å². The van der Waals surface area contributed by atoms with Gasteiger partial charge in [-0.3, -0.25) is 9.59 Å². The van der Waals surface area contributed by atoms with E-state index in [1.807, 2.05) is 0 Å². The van der Waals surface area contributed by atoms with Gasteiger partial charge in [-0.2, -0.15) is 18.4 Å². The third kappa shape index (κ3) is 6.68. The Kier molecular flexibility index (Phi) is 8.15. The Hall–Kier alpha value is -2.70. The van der Waals surface area contributed by atoms with Gasteiger partial charge in [0, 0.05) is 27.9 Å². The minimum Gasteiger partial charge on any atom is -0.326 e. The van der Waals surface area contributed by atoms with Crippen molar-refractivity contribution in [2.45, 2.75) is 18.0 Å². The maximum Gasteiger partial charge on any atom is 0.417 e. The number of hydrogen-bond acceptors (Lipinski definition) is 4. The molecule has 2 aromatic carbocycles. The number of rotatable bonds is 7. The van der Waals surface area contributed by atoms with E-state index in [1.165, 1.54) is 23.9 Å². The van der Waals surface area contributed by atoms with E-state index < -0.39 is 29.1 Å². The Bertz CT molecular complexity index is 959. The zero-order valence-electron chi connectivity index (χ0n) is 15.7. The summed E-state index contributed by atoms with van der Waals surface area (Å²) < 4.78 is 39.1. The molecule has 2 N–H and O–H groups in total. The van der Waals surface area contributed by atoms with Crippen LogP contribution in [0.1, 0.15) is 18.1 Å². The maximum absolute atomic E-state index is 13.0. The molecule has 0 saturated heterocycles. The molecule has 0 unspecified atom stereocenters. The summed E-state index contributed by atoms with van der Waals surface area (Å²) >= 11 is 6.82. The molecule has 5 nitrogen and oxygen atoms in total. The van der Waals surface area contributed by atoms with Gasteiger partial charge in [-0.25, -0.2) is 0 Å². The van der Waals surface area contributed by atoms with Gasteiger partial charge in [0.15, 0.2) is 0 Å². The first-order valence-corrected chi connectivity index (χ1v) is 10.2. The fourth-order valence-electron chi connectivity index (χ4n) is 2.35. The van der Waals surface area contributed by atoms with E-state index in [0.29, 0.717) is 11.4 Å². The average Bonchev–Trinajstić information content (AvgIpc) is 2.72. The number of benzene rings is 2. The highest BCUT2D eigenvalue weighted by Crippen LogP contribution is 2.33. The van der Waals surface area contributed by atoms with E-state index in [1.54, 1.807) is 31.2 Å². The number of amides is 2. The smallest absolute Gasteiger partial charge is 0.326 e. The molecule has 0 heterocycles. The van der Waals surface area contributed by atoms with Crippen molar-refractivity contribution in [1.29, 1.82) is 5.26 Å². The van der Waals surface area contributed by atoms with Gasteiger partial charge in [0.25, 0.3) is 0 Å². The predicted molar refractivity (Wildman–Crippen MR) is 110 cm³/mol. The number of nitrogens with zero attached hydrogens (tertiary/aromatic N) is 1. The molecule has 30 heavy (non-hydrogen) atoms. The van der Waals surface area contributed by atoms with Crippen LogP contribution in [-0.2, 0) is 15.8 Å². The van der Waals surface area contributed by atoms with Gasteiger partial charge in [0.2, 0.25) is 11.8 Å². The first kappa shape index (κ1) is 23.6. The number of anilines is 2. The van der Waals surface area contributed by atoms with Crippen molar-refractivity contribution in [3.63, 3.8) is 0 Å². The molecular formula is C20H17ClF3N3O2S. The second-order valence-corrected chi connectivity index (χ2v) is 7.64. The van der Waals surface area contributed by atoms with Crippen LogP contribution in [-0.4, -0.2) is 23.4 Å². The van der Waals surface area contributed by atoms with Gasteiger partial charge < -0.3 is 10.6 Å². The summed E-state index contributed by atoms with van der Waals surface area (Å²) in [5, 5.41) is 13.9. The monoisotopic (exact) mass is 455 g/mol. The average molecular weight is 456 g/mol. The molecule has 2 rings (SSSR count). The molecule has 2 amide bonds. The van der Waals surface area contributed by atoms with E-state index in [2.05, 4.69) is 10.6 Å². The summed E-state index contributed by atoms with van der Waals surface area (Å²) in [6, 6.07) is 11.5. The molecule has 1 atom stereocenters. The number of thioether (sulfide) groups is 1. The molecule has 0 saturated carbocycles. The van der Waals surface area contributed by atoms with Crippen LogP contribution >= 0.6 is 23.4 Å². The number of nitriles is 1. The predicted octanol–water partition coefficient (Wildman–Crippen LogP) is 5.12. The Labute approximate surface area is 180 Å². The first-order valence-electron chi connectivity index (χ1n) is 8.65. The highest BCUT2D eigenvalue weighted by molar-refractivity contribution is 7.99. The van der Waals surface area contributed by atoms with Crippen molar-refractivity contribution in [3.8, 4) is 6.07 Å². The van der Waals surface area contributed by atoms with Crippen molar-refractivity contribution >= 4 is 46.6 Å². The molecule has 0 aliphatic rings. The van der Waals surface area contributed by atoms with Crippen LogP contribution in [0.2, 0.25) is 0 Å². The van der Waals surface area contributed by atoms with E-state index >= 15 is 0 Å². The number of carbonyl (C=O) groups excluding carboxylic acids is 2. The van der Waals surface area contributed by atoms with Crippen molar-refractivity contribution in [2.75, 3.05) is 22.3 Å².